The highest BCUT2D eigenvalue weighted by atomic mass is 35.5. The number of halogens is 1. The highest BCUT2D eigenvalue weighted by Crippen LogP contribution is 2.37. The molecule has 1 aliphatic heterocycles. The average Bonchev–Trinajstić information content (AvgIpc) is 3.17. The van der Waals surface area contributed by atoms with Gasteiger partial charge in [0, 0.05) is 10.6 Å². The molecule has 206 valence electrons. The summed E-state index contributed by atoms with van der Waals surface area (Å²) in [6.45, 7) is 11.5. The van der Waals surface area contributed by atoms with E-state index in [2.05, 4.69) is 24.9 Å². The van der Waals surface area contributed by atoms with E-state index in [1.165, 1.54) is 23.0 Å². The van der Waals surface area contributed by atoms with Crippen LogP contribution in [0.3, 0.4) is 0 Å². The molecule has 0 bridgehead atoms. The molecule has 0 spiro atoms. The molecule has 1 aliphatic rings. The van der Waals surface area contributed by atoms with Crippen LogP contribution in [0.2, 0.25) is 5.02 Å². The number of ether oxygens (including phenoxy) is 3. The van der Waals surface area contributed by atoms with Crippen molar-refractivity contribution in [3.63, 3.8) is 0 Å². The molecule has 0 aliphatic carbocycles. The summed E-state index contributed by atoms with van der Waals surface area (Å²) in [5, 5.41) is 0.453. The fourth-order valence-corrected chi connectivity index (χ4v) is 5.93. The summed E-state index contributed by atoms with van der Waals surface area (Å²) in [6, 6.07) is 8.36. The summed E-state index contributed by atoms with van der Waals surface area (Å²) in [5.74, 6) is 1.01. The number of fused-ring (bicyclic) bond motifs is 1. The minimum absolute atomic E-state index is 0.237. The normalized spacial score (nSPS) is 15.5. The van der Waals surface area contributed by atoms with Crippen LogP contribution < -0.4 is 24.4 Å². The van der Waals surface area contributed by atoms with Crippen molar-refractivity contribution in [3.8, 4) is 11.5 Å². The summed E-state index contributed by atoms with van der Waals surface area (Å²) in [6.07, 6.45) is 1.53. The van der Waals surface area contributed by atoms with E-state index in [1.54, 1.807) is 46.1 Å². The van der Waals surface area contributed by atoms with Crippen molar-refractivity contribution in [1.29, 1.82) is 0 Å². The van der Waals surface area contributed by atoms with Gasteiger partial charge in [0.1, 0.15) is 17.5 Å². The summed E-state index contributed by atoms with van der Waals surface area (Å²) in [7, 11) is 3.20. The maximum atomic E-state index is 14.0. The van der Waals surface area contributed by atoms with Gasteiger partial charge < -0.3 is 14.2 Å². The lowest BCUT2D eigenvalue weighted by molar-refractivity contribution is -0.143. The molecule has 0 unspecified atom stereocenters. The Bertz CT molecular complexity index is 1650. The monoisotopic (exact) mass is 568 g/mol. The molecular weight excluding hydrogens is 536 g/mol. The molecule has 0 fully saturated rings. The molecule has 4 rings (SSSR count). The quantitative estimate of drug-likeness (QED) is 0.362. The number of carbonyl (C=O) groups is 1. The number of aromatic nitrogens is 1. The maximum Gasteiger partial charge on any atom is 0.338 e. The molecule has 0 saturated carbocycles. The zero-order chi connectivity index (χ0) is 28.6. The van der Waals surface area contributed by atoms with E-state index in [0.717, 1.165) is 22.4 Å². The number of aryl methyl sites for hydroxylation is 1. The first-order valence-electron chi connectivity index (χ1n) is 12.7. The molecule has 1 aromatic heterocycles. The summed E-state index contributed by atoms with van der Waals surface area (Å²) < 4.78 is 18.8. The Balaban J connectivity index is 2.01. The number of nitrogens with zero attached hydrogens (tertiary/aromatic N) is 2. The molecule has 3 aromatic rings. The zero-order valence-electron chi connectivity index (χ0n) is 23.4. The lowest BCUT2D eigenvalue weighted by Gasteiger charge is -2.26. The highest BCUT2D eigenvalue weighted by molar-refractivity contribution is 7.07. The van der Waals surface area contributed by atoms with Gasteiger partial charge in [-0.25, -0.2) is 9.79 Å². The van der Waals surface area contributed by atoms with Gasteiger partial charge in [-0.1, -0.05) is 36.8 Å². The second-order valence-corrected chi connectivity index (χ2v) is 11.5. The second-order valence-electron chi connectivity index (χ2n) is 10.0. The van der Waals surface area contributed by atoms with Gasteiger partial charge in [-0.3, -0.25) is 9.36 Å². The third-order valence-electron chi connectivity index (χ3n) is 6.60. The third kappa shape index (κ3) is 5.54. The number of benzene rings is 2. The van der Waals surface area contributed by atoms with Gasteiger partial charge in [0.25, 0.3) is 5.56 Å². The first kappa shape index (κ1) is 28.6. The Morgan fingerprint density at radius 1 is 1.08 bits per heavy atom. The van der Waals surface area contributed by atoms with Crippen LogP contribution in [-0.4, -0.2) is 30.9 Å². The van der Waals surface area contributed by atoms with Crippen LogP contribution in [0.4, 0.5) is 0 Å². The molecule has 7 nitrogen and oxygen atoms in total. The molecule has 9 heteroatoms. The van der Waals surface area contributed by atoms with Crippen LogP contribution in [0.15, 0.2) is 51.4 Å². The number of methoxy groups -OCH3 is 2. The van der Waals surface area contributed by atoms with Gasteiger partial charge in [-0.2, -0.15) is 0 Å². The largest absolute Gasteiger partial charge is 0.496 e. The smallest absolute Gasteiger partial charge is 0.338 e. The van der Waals surface area contributed by atoms with Crippen LogP contribution in [0, 0.1) is 6.92 Å². The van der Waals surface area contributed by atoms with Crippen molar-refractivity contribution in [2.45, 2.75) is 59.6 Å². The summed E-state index contributed by atoms with van der Waals surface area (Å²) in [5.41, 5.74) is 4.00. The van der Waals surface area contributed by atoms with Crippen LogP contribution in [0.5, 0.6) is 11.5 Å². The Morgan fingerprint density at radius 2 is 1.77 bits per heavy atom. The standard InChI is InChI=1S/C30H33ClN2O5S/c1-15(2)21-12-19(17(5)11-24(21)37-8)13-25-28(34)33-27(22-14-20(31)9-10-23(22)36-7)26(29(35)38-16(3)4)18(6)32-30(33)39-25/h9-16,27H,1-8H3/b25-13-/t27-/m1/s1. The Hall–Kier alpha value is -3.36. The first-order valence-corrected chi connectivity index (χ1v) is 13.9. The van der Waals surface area contributed by atoms with Gasteiger partial charge in [0.15, 0.2) is 4.80 Å². The van der Waals surface area contributed by atoms with E-state index in [4.69, 9.17) is 25.8 Å². The molecular formula is C30H33ClN2O5S. The van der Waals surface area contributed by atoms with Crippen LogP contribution >= 0.6 is 22.9 Å². The van der Waals surface area contributed by atoms with Gasteiger partial charge in [0.2, 0.25) is 0 Å². The van der Waals surface area contributed by atoms with Crippen LogP contribution in [0.25, 0.3) is 6.08 Å². The van der Waals surface area contributed by atoms with Crippen molar-refractivity contribution in [2.24, 2.45) is 4.99 Å². The summed E-state index contributed by atoms with van der Waals surface area (Å²) in [4.78, 5) is 32.6. The predicted molar refractivity (Wildman–Crippen MR) is 155 cm³/mol. The lowest BCUT2D eigenvalue weighted by atomic mass is 9.95. The molecule has 0 N–H and O–H groups in total. The zero-order valence-corrected chi connectivity index (χ0v) is 25.0. The first-order chi connectivity index (χ1) is 18.5. The summed E-state index contributed by atoms with van der Waals surface area (Å²) >= 11 is 7.66. The predicted octanol–water partition coefficient (Wildman–Crippen LogP) is 5.29. The van der Waals surface area contributed by atoms with Crippen molar-refractivity contribution in [2.75, 3.05) is 14.2 Å². The third-order valence-corrected chi connectivity index (χ3v) is 7.82. The van der Waals surface area contributed by atoms with Crippen LogP contribution in [0.1, 0.15) is 68.8 Å². The molecule has 0 saturated heterocycles. The van der Waals surface area contributed by atoms with Crippen molar-refractivity contribution in [1.82, 2.24) is 4.57 Å². The van der Waals surface area contributed by atoms with Crippen molar-refractivity contribution < 1.29 is 19.0 Å². The number of hydrogen-bond acceptors (Lipinski definition) is 7. The Labute approximate surface area is 237 Å². The maximum absolute atomic E-state index is 14.0. The molecule has 39 heavy (non-hydrogen) atoms. The lowest BCUT2D eigenvalue weighted by Crippen LogP contribution is -2.40. The highest BCUT2D eigenvalue weighted by Gasteiger charge is 2.35. The van der Waals surface area contributed by atoms with E-state index < -0.39 is 12.0 Å². The number of thiazole rings is 1. The molecule has 0 amide bonds. The number of carbonyl (C=O) groups excluding carboxylic acids is 1. The van der Waals surface area contributed by atoms with Gasteiger partial charge in [-0.05, 0) is 86.7 Å². The van der Waals surface area contributed by atoms with Gasteiger partial charge in [0.05, 0.1) is 36.1 Å². The Kier molecular flexibility index (Phi) is 8.37. The topological polar surface area (TPSA) is 79.1 Å². The number of hydrogen-bond donors (Lipinski definition) is 0. The number of esters is 1. The number of allylic oxidation sites excluding steroid dienone is 1. The fourth-order valence-electron chi connectivity index (χ4n) is 4.71. The minimum Gasteiger partial charge on any atom is -0.496 e. The van der Waals surface area contributed by atoms with Crippen molar-refractivity contribution in [3.05, 3.63) is 88.6 Å². The average molecular weight is 569 g/mol. The molecule has 1 atom stereocenters. The Morgan fingerprint density at radius 3 is 2.38 bits per heavy atom. The van der Waals surface area contributed by atoms with E-state index >= 15 is 0 Å². The van der Waals surface area contributed by atoms with Gasteiger partial charge in [-0.15, -0.1) is 0 Å². The minimum atomic E-state index is -0.827. The van der Waals surface area contributed by atoms with E-state index in [1.807, 2.05) is 19.1 Å². The van der Waals surface area contributed by atoms with Gasteiger partial charge >= 0.3 is 5.97 Å². The second kappa shape index (κ2) is 11.4. The number of rotatable bonds is 7. The molecule has 2 heterocycles. The molecule has 2 aromatic carbocycles. The van der Waals surface area contributed by atoms with Crippen LogP contribution in [-0.2, 0) is 9.53 Å². The van der Waals surface area contributed by atoms with E-state index in [9.17, 15) is 9.59 Å². The SMILES string of the molecule is COc1cc(C)c(/C=c2\sc3n(c2=O)[C@H](c2cc(Cl)ccc2OC)C(C(=O)OC(C)C)=C(C)N=3)cc1C(C)C. The van der Waals surface area contributed by atoms with E-state index in [0.29, 0.717) is 31.4 Å². The molecule has 0 radical (unpaired) electrons. The van der Waals surface area contributed by atoms with E-state index in [-0.39, 0.29) is 23.2 Å². The fraction of sp³-hybridized carbons (Fsp3) is 0.367. The van der Waals surface area contributed by atoms with Crippen molar-refractivity contribution >= 4 is 35.0 Å².